The fourth-order valence-corrected chi connectivity index (χ4v) is 2.70. The van der Waals surface area contributed by atoms with E-state index in [0.717, 1.165) is 18.6 Å². The van der Waals surface area contributed by atoms with E-state index in [0.29, 0.717) is 17.8 Å². The number of methoxy groups -OCH3 is 1. The van der Waals surface area contributed by atoms with Crippen molar-refractivity contribution in [2.75, 3.05) is 7.11 Å². The van der Waals surface area contributed by atoms with Crippen molar-refractivity contribution >= 4 is 5.78 Å². The molecule has 0 aliphatic carbocycles. The molecule has 0 saturated heterocycles. The summed E-state index contributed by atoms with van der Waals surface area (Å²) in [6.45, 7) is 12.7. The summed E-state index contributed by atoms with van der Waals surface area (Å²) in [5.74, 6) is 2.24. The van der Waals surface area contributed by atoms with E-state index < -0.39 is 0 Å². The summed E-state index contributed by atoms with van der Waals surface area (Å²) >= 11 is 0. The van der Waals surface area contributed by atoms with E-state index in [9.17, 15) is 4.79 Å². The second-order valence-electron chi connectivity index (χ2n) is 5.68. The van der Waals surface area contributed by atoms with Gasteiger partial charge in [-0.2, -0.15) is 0 Å². The van der Waals surface area contributed by atoms with E-state index in [1.165, 1.54) is 0 Å². The Labute approximate surface area is 113 Å². The monoisotopic (exact) mass is 254 g/mol. The van der Waals surface area contributed by atoms with Crippen molar-refractivity contribution < 1.29 is 9.53 Å². The maximum atomic E-state index is 12.4. The molecule has 0 aromatic heterocycles. The lowest BCUT2D eigenvalue weighted by Gasteiger charge is -2.23. The van der Waals surface area contributed by atoms with Crippen LogP contribution in [0.2, 0.25) is 0 Å². The minimum Gasteiger partial charge on any atom is -0.501 e. The van der Waals surface area contributed by atoms with Crippen LogP contribution in [-0.4, -0.2) is 12.9 Å². The summed E-state index contributed by atoms with van der Waals surface area (Å²) in [6.07, 6.45) is 3.76. The van der Waals surface area contributed by atoms with Gasteiger partial charge in [-0.3, -0.25) is 4.79 Å². The van der Waals surface area contributed by atoms with Crippen LogP contribution in [0.3, 0.4) is 0 Å². The van der Waals surface area contributed by atoms with Gasteiger partial charge in [0.15, 0.2) is 5.78 Å². The lowest BCUT2D eigenvalue weighted by Crippen LogP contribution is -2.25. The molecule has 0 aliphatic rings. The maximum absolute atomic E-state index is 12.4. The molecule has 0 radical (unpaired) electrons. The Balaban J connectivity index is 5.05. The van der Waals surface area contributed by atoms with E-state index in [2.05, 4.69) is 41.5 Å². The van der Waals surface area contributed by atoms with E-state index in [1.807, 2.05) is 0 Å². The van der Waals surface area contributed by atoms with Crippen LogP contribution in [0.5, 0.6) is 0 Å². The predicted molar refractivity (Wildman–Crippen MR) is 77.3 cm³/mol. The average molecular weight is 254 g/mol. The van der Waals surface area contributed by atoms with Gasteiger partial charge in [0, 0.05) is 17.9 Å². The van der Waals surface area contributed by atoms with Crippen molar-refractivity contribution in [1.82, 2.24) is 0 Å². The number of rotatable bonds is 8. The number of hydrogen-bond acceptors (Lipinski definition) is 2. The molecule has 0 aliphatic heterocycles. The zero-order valence-corrected chi connectivity index (χ0v) is 13.1. The van der Waals surface area contributed by atoms with Crippen LogP contribution in [0, 0.1) is 23.7 Å². The van der Waals surface area contributed by atoms with Gasteiger partial charge in [0.25, 0.3) is 0 Å². The highest BCUT2D eigenvalue weighted by atomic mass is 16.5. The van der Waals surface area contributed by atoms with Gasteiger partial charge >= 0.3 is 0 Å². The standard InChI is InChI=1S/C16H30O2/c1-8-13(9-2)15(18-7)10-14(17)16(11(3)4)12(5)6/h10-13,16H,8-9H2,1-7H3/b15-10-. The molecule has 0 heterocycles. The summed E-state index contributed by atoms with van der Waals surface area (Å²) in [4.78, 5) is 12.4. The average Bonchev–Trinajstić information content (AvgIpc) is 2.27. The molecular weight excluding hydrogens is 224 g/mol. The molecule has 0 rings (SSSR count). The Hall–Kier alpha value is -0.790. The lowest BCUT2D eigenvalue weighted by atomic mass is 9.81. The topological polar surface area (TPSA) is 26.3 Å². The van der Waals surface area contributed by atoms with Crippen LogP contribution in [0.4, 0.5) is 0 Å². The van der Waals surface area contributed by atoms with Gasteiger partial charge < -0.3 is 4.74 Å². The van der Waals surface area contributed by atoms with Gasteiger partial charge in [0.05, 0.1) is 7.11 Å². The molecule has 0 aromatic carbocycles. The number of carbonyl (C=O) groups excluding carboxylic acids is 1. The highest BCUT2D eigenvalue weighted by molar-refractivity contribution is 5.92. The van der Waals surface area contributed by atoms with Gasteiger partial charge in [0.2, 0.25) is 0 Å². The Morgan fingerprint density at radius 1 is 1.06 bits per heavy atom. The first-order chi connectivity index (χ1) is 8.38. The first-order valence-electron chi connectivity index (χ1n) is 7.18. The van der Waals surface area contributed by atoms with Crippen molar-refractivity contribution in [3.8, 4) is 0 Å². The predicted octanol–water partition coefficient (Wildman–Crippen LogP) is 4.45. The lowest BCUT2D eigenvalue weighted by molar-refractivity contribution is -0.121. The van der Waals surface area contributed by atoms with Crippen LogP contribution in [0.25, 0.3) is 0 Å². The van der Waals surface area contributed by atoms with Crippen LogP contribution in [-0.2, 0) is 9.53 Å². The molecule has 2 heteroatoms. The summed E-state index contributed by atoms with van der Waals surface area (Å²) < 4.78 is 5.41. The van der Waals surface area contributed by atoms with Gasteiger partial charge in [-0.15, -0.1) is 0 Å². The zero-order valence-electron chi connectivity index (χ0n) is 13.1. The molecule has 18 heavy (non-hydrogen) atoms. The summed E-state index contributed by atoms with van der Waals surface area (Å²) in [7, 11) is 1.66. The van der Waals surface area contributed by atoms with E-state index in [1.54, 1.807) is 13.2 Å². The van der Waals surface area contributed by atoms with Gasteiger partial charge in [-0.25, -0.2) is 0 Å². The largest absolute Gasteiger partial charge is 0.501 e. The van der Waals surface area contributed by atoms with Crippen LogP contribution >= 0.6 is 0 Å². The molecule has 2 nitrogen and oxygen atoms in total. The Morgan fingerprint density at radius 3 is 1.78 bits per heavy atom. The van der Waals surface area contributed by atoms with E-state index in [4.69, 9.17) is 4.74 Å². The molecule has 106 valence electrons. The second-order valence-corrected chi connectivity index (χ2v) is 5.68. The summed E-state index contributed by atoms with van der Waals surface area (Å²) in [5.41, 5.74) is 0. The number of ketones is 1. The summed E-state index contributed by atoms with van der Waals surface area (Å²) in [6, 6.07) is 0. The van der Waals surface area contributed by atoms with Crippen molar-refractivity contribution in [2.45, 2.75) is 54.4 Å². The molecule has 0 spiro atoms. The third-order valence-corrected chi connectivity index (χ3v) is 3.67. The number of hydrogen-bond donors (Lipinski definition) is 0. The smallest absolute Gasteiger partial charge is 0.162 e. The van der Waals surface area contributed by atoms with Crippen molar-refractivity contribution in [2.24, 2.45) is 23.7 Å². The third-order valence-electron chi connectivity index (χ3n) is 3.67. The number of allylic oxidation sites excluding steroid dienone is 2. The fraction of sp³-hybridized carbons (Fsp3) is 0.812. The highest BCUT2D eigenvalue weighted by Gasteiger charge is 2.25. The minimum absolute atomic E-state index is 0.0875. The quantitative estimate of drug-likeness (QED) is 0.472. The van der Waals surface area contributed by atoms with Crippen molar-refractivity contribution in [1.29, 1.82) is 0 Å². The van der Waals surface area contributed by atoms with Crippen LogP contribution in [0.1, 0.15) is 54.4 Å². The fourth-order valence-electron chi connectivity index (χ4n) is 2.70. The summed E-state index contributed by atoms with van der Waals surface area (Å²) in [5, 5.41) is 0. The number of carbonyl (C=O) groups is 1. The molecule has 0 fully saturated rings. The first kappa shape index (κ1) is 17.2. The van der Waals surface area contributed by atoms with Crippen LogP contribution < -0.4 is 0 Å². The third kappa shape index (κ3) is 4.83. The van der Waals surface area contributed by atoms with Crippen molar-refractivity contribution in [3.05, 3.63) is 11.8 Å². The second kappa shape index (κ2) is 8.34. The van der Waals surface area contributed by atoms with Crippen LogP contribution in [0.15, 0.2) is 11.8 Å². The SMILES string of the molecule is CCC(CC)/C(=C/C(=O)C(C(C)C)C(C)C)OC. The van der Waals surface area contributed by atoms with Gasteiger partial charge in [-0.1, -0.05) is 41.5 Å². The molecule has 0 unspecified atom stereocenters. The highest BCUT2D eigenvalue weighted by Crippen LogP contribution is 2.25. The van der Waals surface area contributed by atoms with Crippen molar-refractivity contribution in [3.63, 3.8) is 0 Å². The number of ether oxygens (including phenoxy) is 1. The Kier molecular flexibility index (Phi) is 7.97. The van der Waals surface area contributed by atoms with Gasteiger partial charge in [-0.05, 0) is 24.7 Å². The van der Waals surface area contributed by atoms with Gasteiger partial charge in [0.1, 0.15) is 5.76 Å². The zero-order chi connectivity index (χ0) is 14.3. The molecule has 0 amide bonds. The molecule has 0 bridgehead atoms. The molecular formula is C16H30O2. The molecule has 0 atom stereocenters. The molecule has 0 aromatic rings. The maximum Gasteiger partial charge on any atom is 0.162 e. The molecule has 0 N–H and O–H groups in total. The Morgan fingerprint density at radius 2 is 1.50 bits per heavy atom. The Bertz CT molecular complexity index is 265. The molecule has 0 saturated carbocycles. The van der Waals surface area contributed by atoms with E-state index >= 15 is 0 Å². The minimum atomic E-state index is 0.0875. The normalized spacial score (nSPS) is 12.9. The first-order valence-corrected chi connectivity index (χ1v) is 7.18. The van der Waals surface area contributed by atoms with E-state index in [-0.39, 0.29) is 11.7 Å².